The summed E-state index contributed by atoms with van der Waals surface area (Å²) in [5, 5.41) is 8.66. The van der Waals surface area contributed by atoms with E-state index < -0.39 is 205 Å². The molecule has 2 unspecified atom stereocenters. The summed E-state index contributed by atoms with van der Waals surface area (Å²) in [6, 6.07) is -10.8. The topological polar surface area (TPSA) is 289 Å². The number of likely N-dealkylation sites (tertiary alicyclic amines) is 1. The van der Waals surface area contributed by atoms with Gasteiger partial charge in [0.1, 0.15) is 72.1 Å². The third kappa shape index (κ3) is 21.6. The number of halogens is 5. The van der Waals surface area contributed by atoms with E-state index in [4.69, 9.17) is 9.47 Å². The molecule has 12 amide bonds. The van der Waals surface area contributed by atoms with Gasteiger partial charge in [0.25, 0.3) is 0 Å². The molecular weight excluding hydrogens is 1420 g/mol. The first-order valence-corrected chi connectivity index (χ1v) is 40.2. The van der Waals surface area contributed by atoms with Crippen LogP contribution in [0.5, 0.6) is 0 Å². The first kappa shape index (κ1) is 87.5. The Kier molecular flexibility index (Phi) is 31.7. The van der Waals surface area contributed by atoms with E-state index in [1.165, 1.54) is 66.8 Å². The number of nitrogens with zero attached hydrogens (tertiary/aromatic N) is 9. The summed E-state index contributed by atoms with van der Waals surface area (Å²) in [5.74, 6) is -13.1. The molecule has 3 N–H and O–H groups in total. The highest BCUT2D eigenvalue weighted by Gasteiger charge is 2.56. The van der Waals surface area contributed by atoms with Crippen LogP contribution in [0.1, 0.15) is 195 Å². The average Bonchev–Trinajstić information content (AvgIpc) is 1.76. The Morgan fingerprint density at radius 3 is 1.90 bits per heavy atom. The van der Waals surface area contributed by atoms with Crippen molar-refractivity contribution in [3.8, 4) is 0 Å². The molecule has 0 aromatic heterocycles. The molecule has 4 aliphatic heterocycles. The summed E-state index contributed by atoms with van der Waals surface area (Å²) in [5.41, 5.74) is -1.68. The maximum Gasteiger partial charge on any atom is 0.397 e. The van der Waals surface area contributed by atoms with Crippen LogP contribution in [0.15, 0.2) is 12.2 Å². The van der Waals surface area contributed by atoms with E-state index in [9.17, 15) is 32.3 Å². The highest BCUT2D eigenvalue weighted by molar-refractivity contribution is 6.01. The monoisotopic (exact) mass is 1550 g/mol. The van der Waals surface area contributed by atoms with Crippen LogP contribution in [0.4, 0.5) is 22.0 Å². The molecular formula is C78H123F5N12O14. The van der Waals surface area contributed by atoms with Crippen LogP contribution >= 0.6 is 0 Å². The molecule has 8 rings (SSSR count). The van der Waals surface area contributed by atoms with Crippen molar-refractivity contribution in [2.45, 2.75) is 274 Å². The van der Waals surface area contributed by atoms with Gasteiger partial charge in [-0.3, -0.25) is 57.5 Å². The van der Waals surface area contributed by atoms with Crippen molar-refractivity contribution in [3.63, 3.8) is 0 Å². The third-order valence-electron chi connectivity index (χ3n) is 24.9. The lowest BCUT2D eigenvalue weighted by atomic mass is 9.76. The zero-order valence-electron chi connectivity index (χ0n) is 66.1. The summed E-state index contributed by atoms with van der Waals surface area (Å²) < 4.78 is 85.2. The van der Waals surface area contributed by atoms with E-state index in [2.05, 4.69) is 22.9 Å². The fourth-order valence-corrected chi connectivity index (χ4v) is 18.0. The number of nitrogens with one attached hydrogen (secondary N) is 3. The smallest absolute Gasteiger partial charge is 0.379 e. The highest BCUT2D eigenvalue weighted by Crippen LogP contribution is 2.45. The standard InChI is InChI=1S/C78H123F5N12O14/c1-12-38-108-47-61-68(99)85-66(49(5)13-2)74(105)88(7)46-64(98)89(8)57-26-16-15-21-37-94(73(57)104)60(41-50-29-27-48(4)28-30-50)71(102)87(6)45-62(96)84-56(32-31-51-39-54(79)65(55(80)40-51)78(81,82)83)70(101)95-44-53(109-14-3)42-58(95)69(100)86-77(33-19-20-34-77)76(107)92(11)67(52-24-17-18-25-52)75(106)91(10)59(43-63(97)90(61)9)72(103)93-35-22-23-36-93/h15-16,48-61,65-67H,12-14,17-47H2,1-11H3,(H,84,96)(H,85,99)(H,86,100)/b16-15-/t48?,49-,50?,51?,53+,54?,55?,56-,57-,58-,59-,60-,61-,65?,66-,67-/m0/s1. The van der Waals surface area contributed by atoms with Crippen LogP contribution in [0.2, 0.25) is 0 Å². The van der Waals surface area contributed by atoms with E-state index >= 15 is 47.1 Å². The first-order valence-electron chi connectivity index (χ1n) is 40.2. The Bertz CT molecular complexity index is 3200. The Labute approximate surface area is 640 Å². The largest absolute Gasteiger partial charge is 0.397 e. The molecule has 8 aliphatic rings. The lowest BCUT2D eigenvalue weighted by Gasteiger charge is -2.42. The molecule has 4 saturated carbocycles. The Hall–Kier alpha value is -7.05. The van der Waals surface area contributed by atoms with Gasteiger partial charge in [-0.25, -0.2) is 8.78 Å². The molecule has 0 aromatic carbocycles. The van der Waals surface area contributed by atoms with E-state index in [0.717, 1.165) is 40.4 Å². The molecule has 614 valence electrons. The van der Waals surface area contributed by atoms with Gasteiger partial charge in [0, 0.05) is 88.1 Å². The number of fused-ring (bicyclic) bond motifs is 3. The molecule has 31 heteroatoms. The van der Waals surface area contributed by atoms with E-state index in [-0.39, 0.29) is 83.8 Å². The number of ether oxygens (including phenoxy) is 2. The van der Waals surface area contributed by atoms with Crippen LogP contribution in [0, 0.1) is 35.5 Å². The molecule has 7 fully saturated rings. The van der Waals surface area contributed by atoms with Gasteiger partial charge in [0.05, 0.1) is 32.2 Å². The number of rotatable bonds is 15. The zero-order chi connectivity index (χ0) is 79.9. The van der Waals surface area contributed by atoms with Gasteiger partial charge in [-0.2, -0.15) is 13.2 Å². The van der Waals surface area contributed by atoms with Crippen molar-refractivity contribution >= 4 is 70.9 Å². The number of hydrogen-bond donors (Lipinski definition) is 3. The van der Waals surface area contributed by atoms with Crippen molar-refractivity contribution in [3.05, 3.63) is 12.2 Å². The van der Waals surface area contributed by atoms with Gasteiger partial charge in [0.2, 0.25) is 70.9 Å². The van der Waals surface area contributed by atoms with Gasteiger partial charge < -0.3 is 69.5 Å². The summed E-state index contributed by atoms with van der Waals surface area (Å²) in [7, 11) is 8.42. The number of carbonyl (C=O) groups excluding carboxylic acids is 12. The average molecular weight is 1550 g/mol. The molecule has 1 spiro atoms. The molecule has 3 saturated heterocycles. The summed E-state index contributed by atoms with van der Waals surface area (Å²) in [6.07, 6.45) is -1.05. The SMILES string of the molecule is CCCOC[C@H]1C(=O)N[C@@H]([C@@H](C)CC)C(=O)N(C)CC(=O)N(C)[C@H]2C/C=C\CCN(C2=O)[C@@H](CC2CCC(C)CC2)C(=O)N(C)CC(=O)N[C@@H](CCC2CC(F)C(C(F)(F)F)C(F)C2)C(=O)N2C[C@H](OCC)C[C@H]2C(=O)NC2(CCCC2)C(=O)N(C)[C@@H](C2CCCC2)C(=O)N(C)[C@H](C(=O)N2CCCC2)CC(=O)N1C. The van der Waals surface area contributed by atoms with Crippen molar-refractivity contribution in [2.75, 3.05) is 101 Å². The lowest BCUT2D eigenvalue weighted by Crippen LogP contribution is -2.65. The highest BCUT2D eigenvalue weighted by atomic mass is 19.4. The number of carbonyl (C=O) groups is 12. The Morgan fingerprint density at radius 2 is 1.28 bits per heavy atom. The maximum absolute atomic E-state index is 15.8. The second kappa shape index (κ2) is 39.4. The summed E-state index contributed by atoms with van der Waals surface area (Å²) in [4.78, 5) is 195. The molecule has 12 atom stereocenters. The lowest BCUT2D eigenvalue weighted by molar-refractivity contribution is -0.219. The minimum absolute atomic E-state index is 0.00764. The quantitative estimate of drug-likeness (QED) is 0.0947. The second-order valence-electron chi connectivity index (χ2n) is 32.6. The van der Waals surface area contributed by atoms with Crippen molar-refractivity contribution in [2.24, 2.45) is 35.5 Å². The fraction of sp³-hybridized carbons (Fsp3) is 0.821. The fourth-order valence-electron chi connectivity index (χ4n) is 18.0. The van der Waals surface area contributed by atoms with Crippen LogP contribution in [0.3, 0.4) is 0 Å². The van der Waals surface area contributed by atoms with Crippen LogP contribution in [-0.4, -0.2) is 295 Å². The van der Waals surface area contributed by atoms with Gasteiger partial charge >= 0.3 is 6.18 Å². The van der Waals surface area contributed by atoms with Crippen LogP contribution in [-0.2, 0) is 67.0 Å². The molecule has 26 nitrogen and oxygen atoms in total. The maximum atomic E-state index is 15.8. The molecule has 0 aromatic rings. The van der Waals surface area contributed by atoms with E-state index in [1.807, 2.05) is 19.9 Å². The van der Waals surface area contributed by atoms with Gasteiger partial charge in [-0.1, -0.05) is 97.6 Å². The first-order chi connectivity index (χ1) is 51.7. The van der Waals surface area contributed by atoms with Crippen LogP contribution in [0.25, 0.3) is 0 Å². The number of hydrogen-bond acceptors (Lipinski definition) is 14. The third-order valence-corrected chi connectivity index (χ3v) is 24.9. The van der Waals surface area contributed by atoms with Gasteiger partial charge in [-0.05, 0) is 126 Å². The molecule has 4 aliphatic carbocycles. The van der Waals surface area contributed by atoms with Crippen molar-refractivity contribution in [1.82, 2.24) is 60.0 Å². The zero-order valence-corrected chi connectivity index (χ0v) is 66.1. The molecule has 2 bridgehead atoms. The van der Waals surface area contributed by atoms with E-state index in [0.29, 0.717) is 89.6 Å². The normalized spacial score (nSPS) is 32.5. The van der Waals surface area contributed by atoms with E-state index in [1.54, 1.807) is 24.8 Å². The number of likely N-dealkylation sites (N-methyl/N-ethyl adjacent to an activating group) is 6. The Morgan fingerprint density at radius 1 is 0.642 bits per heavy atom. The van der Waals surface area contributed by atoms with Crippen molar-refractivity contribution < 1.29 is 89.0 Å². The minimum atomic E-state index is -5.18. The molecule has 109 heavy (non-hydrogen) atoms. The molecule has 0 radical (unpaired) electrons. The van der Waals surface area contributed by atoms with Crippen molar-refractivity contribution in [1.29, 1.82) is 0 Å². The minimum Gasteiger partial charge on any atom is -0.379 e. The summed E-state index contributed by atoms with van der Waals surface area (Å²) >= 11 is 0. The van der Waals surface area contributed by atoms with Gasteiger partial charge in [0.15, 0.2) is 0 Å². The van der Waals surface area contributed by atoms with Crippen LogP contribution < -0.4 is 16.0 Å². The van der Waals surface area contributed by atoms with Gasteiger partial charge in [-0.15, -0.1) is 0 Å². The second-order valence-corrected chi connectivity index (χ2v) is 32.6. The molecule has 4 heterocycles. The Balaban J connectivity index is 1.21. The number of amides is 12. The predicted molar refractivity (Wildman–Crippen MR) is 394 cm³/mol. The summed E-state index contributed by atoms with van der Waals surface area (Å²) in [6.45, 7) is 8.38. The number of alkyl halides is 5. The predicted octanol–water partition coefficient (Wildman–Crippen LogP) is 6.11.